The highest BCUT2D eigenvalue weighted by atomic mass is 32.2. The summed E-state index contributed by atoms with van der Waals surface area (Å²) in [4.78, 5) is 6.62. The van der Waals surface area contributed by atoms with Crippen LogP contribution in [0.15, 0.2) is 70.6 Å². The molecule has 0 radical (unpaired) electrons. The van der Waals surface area contributed by atoms with E-state index >= 15 is 0 Å². The lowest BCUT2D eigenvalue weighted by atomic mass is 9.87. The van der Waals surface area contributed by atoms with E-state index in [-0.39, 0.29) is 0 Å². The number of hydrogen-bond acceptors (Lipinski definition) is 1. The van der Waals surface area contributed by atoms with Crippen LogP contribution in [0, 0.1) is 19.4 Å². The van der Waals surface area contributed by atoms with Gasteiger partial charge >= 0.3 is 0 Å². The first-order valence-electron chi connectivity index (χ1n) is 13.2. The first kappa shape index (κ1) is 24.0. The summed E-state index contributed by atoms with van der Waals surface area (Å²) in [5, 5.41) is 7.97. The van der Waals surface area contributed by atoms with Gasteiger partial charge in [-0.1, -0.05) is 68.1 Å². The number of benzene rings is 4. The Morgan fingerprint density at radius 2 is 1.73 bits per heavy atom. The number of hydrogen-bond donors (Lipinski definition) is 0. The van der Waals surface area contributed by atoms with Gasteiger partial charge in [-0.15, -0.1) is 0 Å². The van der Waals surface area contributed by atoms with E-state index < -0.39 is 5.54 Å². The minimum Gasteiger partial charge on any atom is -0.311 e. The maximum atomic E-state index is 7.59. The van der Waals surface area contributed by atoms with Crippen molar-refractivity contribution in [2.24, 2.45) is 13.0 Å². The van der Waals surface area contributed by atoms with Crippen LogP contribution in [-0.4, -0.2) is 5.54 Å². The second-order valence-electron chi connectivity index (χ2n) is 11.6. The summed E-state index contributed by atoms with van der Waals surface area (Å²) >= 11 is 1.96. The number of aryl methyl sites for hydroxylation is 2. The van der Waals surface area contributed by atoms with Crippen LogP contribution in [0.25, 0.3) is 48.4 Å². The van der Waals surface area contributed by atoms with Gasteiger partial charge in [-0.05, 0) is 63.6 Å². The van der Waals surface area contributed by atoms with Crippen molar-refractivity contribution in [2.75, 3.05) is 0 Å². The van der Waals surface area contributed by atoms with Crippen LogP contribution in [0.5, 0.6) is 0 Å². The third-order valence-electron chi connectivity index (χ3n) is 7.80. The molecule has 37 heavy (non-hydrogen) atoms. The molecule has 0 fully saturated rings. The molecule has 1 aromatic heterocycles. The highest BCUT2D eigenvalue weighted by Gasteiger charge is 2.32. The molecule has 2 heterocycles. The lowest BCUT2D eigenvalue weighted by Crippen LogP contribution is -2.32. The first-order chi connectivity index (χ1) is 17.7. The van der Waals surface area contributed by atoms with E-state index in [0.717, 1.165) is 12.8 Å². The molecule has 1 aliphatic heterocycles. The lowest BCUT2D eigenvalue weighted by Gasteiger charge is -2.26. The van der Waals surface area contributed by atoms with Crippen LogP contribution < -0.4 is 4.57 Å². The van der Waals surface area contributed by atoms with Gasteiger partial charge in [0.05, 0.1) is 17.4 Å². The number of fused-ring (bicyclic) bond motifs is 5. The van der Waals surface area contributed by atoms with Gasteiger partial charge < -0.3 is 4.85 Å². The Balaban J connectivity index is 1.70. The van der Waals surface area contributed by atoms with Crippen molar-refractivity contribution in [1.82, 2.24) is 0 Å². The van der Waals surface area contributed by atoms with E-state index in [1.54, 1.807) is 0 Å². The Bertz CT molecular complexity index is 1790. The van der Waals surface area contributed by atoms with Gasteiger partial charge in [0.15, 0.2) is 6.20 Å². The molecule has 6 rings (SSSR count). The molecule has 0 saturated heterocycles. The van der Waals surface area contributed by atoms with Crippen molar-refractivity contribution in [3.8, 4) is 11.3 Å². The van der Waals surface area contributed by atoms with Gasteiger partial charge in [0.2, 0.25) is 11.2 Å². The SMILES string of the molecule is [C-]#[N+]C(C)(C)Cc1ccc2cc3c4c([n+](C)ccc4c2c1)-c1c(c(CC(C)C)c2ccccc2c1C)S3. The van der Waals surface area contributed by atoms with Gasteiger partial charge in [0.25, 0.3) is 0 Å². The number of pyridine rings is 1. The largest absolute Gasteiger partial charge is 0.311 e. The Kier molecular flexibility index (Phi) is 5.58. The highest BCUT2D eigenvalue weighted by Crippen LogP contribution is 2.53. The predicted octanol–water partition coefficient (Wildman–Crippen LogP) is 8.85. The summed E-state index contributed by atoms with van der Waals surface area (Å²) in [6.07, 6.45) is 4.05. The molecule has 1 aliphatic rings. The second-order valence-corrected chi connectivity index (χ2v) is 12.7. The molecule has 0 aliphatic carbocycles. The van der Waals surface area contributed by atoms with Gasteiger partial charge in [-0.25, -0.2) is 11.1 Å². The molecule has 0 N–H and O–H groups in total. The Morgan fingerprint density at radius 1 is 0.973 bits per heavy atom. The first-order valence-corrected chi connectivity index (χ1v) is 14.0. The van der Waals surface area contributed by atoms with Gasteiger partial charge in [-0.3, -0.25) is 0 Å². The molecular weight excluding hydrogens is 468 g/mol. The van der Waals surface area contributed by atoms with Gasteiger partial charge in [-0.2, -0.15) is 0 Å². The minimum absolute atomic E-state index is 0.397. The smallest absolute Gasteiger partial charge is 0.231 e. The van der Waals surface area contributed by atoms with Crippen LogP contribution in [-0.2, 0) is 19.9 Å². The zero-order valence-electron chi connectivity index (χ0n) is 22.6. The van der Waals surface area contributed by atoms with E-state index in [9.17, 15) is 0 Å². The van der Waals surface area contributed by atoms with E-state index in [4.69, 9.17) is 6.57 Å². The van der Waals surface area contributed by atoms with E-state index in [1.165, 1.54) is 70.1 Å². The van der Waals surface area contributed by atoms with Crippen molar-refractivity contribution in [3.05, 3.63) is 88.9 Å². The van der Waals surface area contributed by atoms with Crippen molar-refractivity contribution in [1.29, 1.82) is 0 Å². The minimum atomic E-state index is -0.397. The molecule has 0 saturated carbocycles. The zero-order chi connectivity index (χ0) is 26.1. The molecule has 4 aromatic carbocycles. The molecule has 2 nitrogen and oxygen atoms in total. The third kappa shape index (κ3) is 3.82. The summed E-state index contributed by atoms with van der Waals surface area (Å²) in [5.74, 6) is 0.580. The van der Waals surface area contributed by atoms with Crippen molar-refractivity contribution < 1.29 is 4.57 Å². The van der Waals surface area contributed by atoms with Crippen molar-refractivity contribution >= 4 is 44.1 Å². The Morgan fingerprint density at radius 3 is 2.46 bits per heavy atom. The fourth-order valence-electron chi connectivity index (χ4n) is 6.10. The van der Waals surface area contributed by atoms with Gasteiger partial charge in [0, 0.05) is 35.1 Å². The number of rotatable bonds is 4. The molecule has 184 valence electrons. The molecule has 5 aromatic rings. The van der Waals surface area contributed by atoms with Crippen LogP contribution in [0.1, 0.15) is 44.4 Å². The fourth-order valence-corrected chi connectivity index (χ4v) is 7.48. The van der Waals surface area contributed by atoms with Crippen LogP contribution in [0.4, 0.5) is 0 Å². The molecule has 0 bridgehead atoms. The number of nitrogens with zero attached hydrogens (tertiary/aromatic N) is 2. The van der Waals surface area contributed by atoms with Crippen LogP contribution in [0.3, 0.4) is 0 Å². The van der Waals surface area contributed by atoms with Crippen molar-refractivity contribution in [3.63, 3.8) is 0 Å². The molecule has 0 spiro atoms. The third-order valence-corrected chi connectivity index (χ3v) is 8.99. The Hall–Kier alpha value is -3.35. The fraction of sp³-hybridized carbons (Fsp3) is 0.294. The van der Waals surface area contributed by atoms with Crippen molar-refractivity contribution in [2.45, 2.75) is 62.8 Å². The summed E-state index contributed by atoms with van der Waals surface area (Å²) in [6.45, 7) is 18.6. The van der Waals surface area contributed by atoms with Gasteiger partial charge in [0.1, 0.15) is 7.05 Å². The molecule has 0 amide bonds. The maximum Gasteiger partial charge on any atom is 0.231 e. The average molecular weight is 502 g/mol. The highest BCUT2D eigenvalue weighted by molar-refractivity contribution is 8.00. The predicted molar refractivity (Wildman–Crippen MR) is 157 cm³/mol. The standard InChI is InChI=1S/C34H33N2S/c1-20(2)16-28-25-11-9-8-10-24(25)21(3)30-32-31-26(14-15-36(32)7)27-17-22(19-34(4,5)35-6)12-13-23(27)18-29(31)37-33(28)30/h8-15,17-18,20H,16,19H2,1-5,7H3/q+1. The zero-order valence-corrected chi connectivity index (χ0v) is 23.4. The van der Waals surface area contributed by atoms with E-state index in [0.29, 0.717) is 5.92 Å². The van der Waals surface area contributed by atoms with Crippen LogP contribution in [0.2, 0.25) is 0 Å². The maximum absolute atomic E-state index is 7.59. The van der Waals surface area contributed by atoms with E-state index in [2.05, 4.69) is 98.0 Å². The summed E-state index contributed by atoms with van der Waals surface area (Å²) in [5.41, 5.74) is 6.39. The molecule has 0 unspecified atom stereocenters. The summed E-state index contributed by atoms with van der Waals surface area (Å²) in [6, 6.07) is 20.4. The molecule has 3 heteroatoms. The Labute approximate surface area is 224 Å². The lowest BCUT2D eigenvalue weighted by molar-refractivity contribution is -0.659. The van der Waals surface area contributed by atoms with Crippen LogP contribution >= 0.6 is 11.8 Å². The second kappa shape index (κ2) is 8.61. The molecule has 0 atom stereocenters. The quantitative estimate of drug-likeness (QED) is 0.133. The number of aromatic nitrogens is 1. The normalized spacial score (nSPS) is 12.9. The van der Waals surface area contributed by atoms with E-state index in [1.807, 2.05) is 25.6 Å². The summed E-state index contributed by atoms with van der Waals surface area (Å²) in [7, 11) is 2.19. The topological polar surface area (TPSA) is 8.24 Å². The summed E-state index contributed by atoms with van der Waals surface area (Å²) < 4.78 is 2.32. The molecular formula is C34H33N2S+. The average Bonchev–Trinajstić information content (AvgIpc) is 2.87. The monoisotopic (exact) mass is 501 g/mol.